The highest BCUT2D eigenvalue weighted by Crippen LogP contribution is 2.59. The molecule has 4 heteroatoms. The summed E-state index contributed by atoms with van der Waals surface area (Å²) in [7, 11) is 2.72. The van der Waals surface area contributed by atoms with Gasteiger partial charge in [-0.15, -0.1) is 0 Å². The molecule has 0 spiro atoms. The Labute approximate surface area is 101 Å². The standard InChI is InChI=1S/C13H18O4/c1-13(2)7-5-6-8(13)10(12(15)17-4)9(7)11(14)16-3/h5-10H,1-4H3. The van der Waals surface area contributed by atoms with Crippen LogP contribution in [-0.4, -0.2) is 26.2 Å². The fourth-order valence-electron chi connectivity index (χ4n) is 3.43. The molecule has 4 atom stereocenters. The van der Waals surface area contributed by atoms with Crippen LogP contribution in [0.5, 0.6) is 0 Å². The largest absolute Gasteiger partial charge is 0.469 e. The first-order valence-electron chi connectivity index (χ1n) is 5.79. The van der Waals surface area contributed by atoms with Gasteiger partial charge < -0.3 is 9.47 Å². The van der Waals surface area contributed by atoms with Crippen LogP contribution >= 0.6 is 0 Å². The molecule has 17 heavy (non-hydrogen) atoms. The van der Waals surface area contributed by atoms with Crippen LogP contribution in [0.3, 0.4) is 0 Å². The zero-order valence-corrected chi connectivity index (χ0v) is 10.6. The number of allylic oxidation sites excluding steroid dienone is 2. The molecule has 1 fully saturated rings. The third kappa shape index (κ3) is 1.50. The lowest BCUT2D eigenvalue weighted by molar-refractivity contribution is -0.158. The third-order valence-corrected chi connectivity index (χ3v) is 4.35. The van der Waals surface area contributed by atoms with E-state index in [1.807, 2.05) is 12.2 Å². The maximum Gasteiger partial charge on any atom is 0.310 e. The van der Waals surface area contributed by atoms with Gasteiger partial charge in [-0.2, -0.15) is 0 Å². The fourth-order valence-corrected chi connectivity index (χ4v) is 3.43. The molecule has 0 aromatic carbocycles. The van der Waals surface area contributed by atoms with Gasteiger partial charge in [0.05, 0.1) is 26.1 Å². The lowest BCUT2D eigenvalue weighted by Gasteiger charge is -2.25. The van der Waals surface area contributed by atoms with E-state index in [0.717, 1.165) is 0 Å². The van der Waals surface area contributed by atoms with Crippen molar-refractivity contribution < 1.29 is 19.1 Å². The second-order valence-corrected chi connectivity index (χ2v) is 5.36. The zero-order valence-electron chi connectivity index (χ0n) is 10.6. The molecular formula is C13H18O4. The van der Waals surface area contributed by atoms with Gasteiger partial charge in [-0.3, -0.25) is 9.59 Å². The molecule has 0 N–H and O–H groups in total. The van der Waals surface area contributed by atoms with Crippen molar-refractivity contribution >= 4 is 11.9 Å². The Bertz CT molecular complexity index is 349. The Morgan fingerprint density at radius 1 is 0.941 bits per heavy atom. The van der Waals surface area contributed by atoms with Crippen LogP contribution in [0.15, 0.2) is 12.2 Å². The van der Waals surface area contributed by atoms with E-state index in [1.165, 1.54) is 14.2 Å². The molecule has 0 radical (unpaired) electrons. The minimum absolute atomic E-state index is 0.0593. The molecule has 94 valence electrons. The summed E-state index contributed by atoms with van der Waals surface area (Å²) in [5.41, 5.74) is -0.0856. The van der Waals surface area contributed by atoms with E-state index in [9.17, 15) is 9.59 Å². The first-order valence-corrected chi connectivity index (χ1v) is 5.79. The van der Waals surface area contributed by atoms with Gasteiger partial charge in [0.1, 0.15) is 0 Å². The number of carbonyl (C=O) groups is 2. The van der Waals surface area contributed by atoms with Crippen molar-refractivity contribution in [3.8, 4) is 0 Å². The predicted octanol–water partition coefficient (Wildman–Crippen LogP) is 1.41. The van der Waals surface area contributed by atoms with Gasteiger partial charge >= 0.3 is 11.9 Å². The van der Waals surface area contributed by atoms with Gasteiger partial charge in [0.25, 0.3) is 0 Å². The molecule has 4 nitrogen and oxygen atoms in total. The maximum atomic E-state index is 11.9. The number of ether oxygens (including phenoxy) is 2. The lowest BCUT2D eigenvalue weighted by atomic mass is 9.79. The first-order chi connectivity index (χ1) is 7.95. The van der Waals surface area contributed by atoms with Crippen LogP contribution in [0, 0.1) is 29.1 Å². The maximum absolute atomic E-state index is 11.9. The van der Waals surface area contributed by atoms with E-state index < -0.39 is 11.8 Å². The second kappa shape index (κ2) is 3.86. The first kappa shape index (κ1) is 12.1. The summed E-state index contributed by atoms with van der Waals surface area (Å²) in [5, 5.41) is 0. The minimum atomic E-state index is -0.405. The van der Waals surface area contributed by atoms with E-state index in [-0.39, 0.29) is 29.2 Å². The summed E-state index contributed by atoms with van der Waals surface area (Å²) in [6.45, 7) is 4.17. The number of hydrogen-bond acceptors (Lipinski definition) is 4. The quantitative estimate of drug-likeness (QED) is 0.539. The van der Waals surface area contributed by atoms with Crippen LogP contribution < -0.4 is 0 Å². The smallest absolute Gasteiger partial charge is 0.310 e. The summed E-state index contributed by atoms with van der Waals surface area (Å²) in [6, 6.07) is 0. The number of esters is 2. The van der Waals surface area contributed by atoms with Gasteiger partial charge in [0.2, 0.25) is 0 Å². The molecule has 0 amide bonds. The zero-order chi connectivity index (χ0) is 12.8. The third-order valence-electron chi connectivity index (χ3n) is 4.35. The van der Waals surface area contributed by atoms with E-state index in [2.05, 4.69) is 13.8 Å². The van der Waals surface area contributed by atoms with E-state index in [4.69, 9.17) is 9.47 Å². The van der Waals surface area contributed by atoms with Gasteiger partial charge in [0.15, 0.2) is 0 Å². The molecule has 4 unspecified atom stereocenters. The molecule has 2 rings (SSSR count). The minimum Gasteiger partial charge on any atom is -0.469 e. The van der Waals surface area contributed by atoms with Crippen molar-refractivity contribution in [3.63, 3.8) is 0 Å². The Morgan fingerprint density at radius 3 is 1.59 bits per heavy atom. The number of hydrogen-bond donors (Lipinski definition) is 0. The van der Waals surface area contributed by atoms with Gasteiger partial charge in [-0.05, 0) is 17.3 Å². The highest BCUT2D eigenvalue weighted by molar-refractivity contribution is 5.84. The SMILES string of the molecule is COC(=O)C1C(C(=O)OC)C2C=CC1C2(C)C. The molecular weight excluding hydrogens is 220 g/mol. The van der Waals surface area contributed by atoms with Crippen molar-refractivity contribution in [3.05, 3.63) is 12.2 Å². The highest BCUT2D eigenvalue weighted by atomic mass is 16.5. The van der Waals surface area contributed by atoms with Gasteiger partial charge in [-0.1, -0.05) is 26.0 Å². The van der Waals surface area contributed by atoms with Gasteiger partial charge in [0, 0.05) is 0 Å². The Morgan fingerprint density at radius 2 is 1.29 bits per heavy atom. The lowest BCUT2D eigenvalue weighted by Crippen LogP contribution is -2.34. The number of methoxy groups -OCH3 is 2. The second-order valence-electron chi connectivity index (χ2n) is 5.36. The topological polar surface area (TPSA) is 52.6 Å². The molecule has 0 aromatic rings. The van der Waals surface area contributed by atoms with Crippen LogP contribution in [-0.2, 0) is 19.1 Å². The molecule has 2 aliphatic rings. The molecule has 2 aliphatic carbocycles. The van der Waals surface area contributed by atoms with Crippen molar-refractivity contribution in [2.45, 2.75) is 13.8 Å². The van der Waals surface area contributed by atoms with Crippen LogP contribution in [0.2, 0.25) is 0 Å². The van der Waals surface area contributed by atoms with Crippen molar-refractivity contribution in [2.24, 2.45) is 29.1 Å². The number of fused-ring (bicyclic) bond motifs is 2. The van der Waals surface area contributed by atoms with Crippen LogP contribution in [0.1, 0.15) is 13.8 Å². The summed E-state index contributed by atoms with van der Waals surface area (Å²) in [4.78, 5) is 23.7. The monoisotopic (exact) mass is 238 g/mol. The van der Waals surface area contributed by atoms with Gasteiger partial charge in [-0.25, -0.2) is 0 Å². The van der Waals surface area contributed by atoms with Crippen LogP contribution in [0.25, 0.3) is 0 Å². The molecule has 2 bridgehead atoms. The normalized spacial score (nSPS) is 36.9. The average molecular weight is 238 g/mol. The Hall–Kier alpha value is -1.32. The Balaban J connectivity index is 2.39. The van der Waals surface area contributed by atoms with E-state index in [1.54, 1.807) is 0 Å². The van der Waals surface area contributed by atoms with E-state index in [0.29, 0.717) is 0 Å². The number of carbonyl (C=O) groups excluding carboxylic acids is 2. The van der Waals surface area contributed by atoms with Crippen molar-refractivity contribution in [1.82, 2.24) is 0 Å². The molecule has 0 heterocycles. The number of rotatable bonds is 2. The summed E-state index contributed by atoms with van der Waals surface area (Å²) in [6.07, 6.45) is 4.07. The molecule has 0 aliphatic heterocycles. The predicted molar refractivity (Wildman–Crippen MR) is 60.9 cm³/mol. The average Bonchev–Trinajstić information content (AvgIpc) is 2.73. The van der Waals surface area contributed by atoms with Crippen molar-refractivity contribution in [1.29, 1.82) is 0 Å². The summed E-state index contributed by atoms with van der Waals surface area (Å²) >= 11 is 0. The molecule has 1 saturated carbocycles. The fraction of sp³-hybridized carbons (Fsp3) is 0.692. The molecule has 0 aromatic heterocycles. The van der Waals surface area contributed by atoms with Crippen LogP contribution in [0.4, 0.5) is 0 Å². The van der Waals surface area contributed by atoms with Crippen molar-refractivity contribution in [2.75, 3.05) is 14.2 Å². The summed E-state index contributed by atoms with van der Waals surface area (Å²) in [5.74, 6) is -1.32. The molecule has 0 saturated heterocycles. The highest BCUT2D eigenvalue weighted by Gasteiger charge is 2.62. The Kier molecular flexibility index (Phi) is 2.76. The van der Waals surface area contributed by atoms with E-state index >= 15 is 0 Å². The summed E-state index contributed by atoms with van der Waals surface area (Å²) < 4.78 is 9.65.